The Morgan fingerprint density at radius 1 is 0.476 bits per heavy atom. The molecule has 0 aliphatic rings. The van der Waals surface area contributed by atoms with Gasteiger partial charge in [-0.05, 0) is 52.2 Å². The van der Waals surface area contributed by atoms with Gasteiger partial charge in [0.05, 0.1) is 15.9 Å². The second-order valence-electron chi connectivity index (χ2n) is 10.6. The highest BCUT2D eigenvalue weighted by atomic mass is 32.1. The number of hydrogen-bond acceptors (Lipinski definition) is 4. The number of furan rings is 1. The van der Waals surface area contributed by atoms with Crippen LogP contribution in [0.4, 0.5) is 0 Å². The number of benzene rings is 6. The smallest absolute Gasteiger partial charge is 0.160 e. The van der Waals surface area contributed by atoms with Crippen molar-refractivity contribution in [3.8, 4) is 33.8 Å². The molecule has 9 rings (SSSR count). The zero-order valence-electron chi connectivity index (χ0n) is 22.4. The van der Waals surface area contributed by atoms with E-state index in [0.29, 0.717) is 5.82 Å². The van der Waals surface area contributed by atoms with Crippen LogP contribution < -0.4 is 0 Å². The van der Waals surface area contributed by atoms with Crippen LogP contribution in [-0.4, -0.2) is 9.97 Å². The van der Waals surface area contributed by atoms with Crippen molar-refractivity contribution < 1.29 is 4.42 Å². The lowest BCUT2D eigenvalue weighted by molar-refractivity contribution is 0.669. The standard InChI is InChI=1S/C38H22N2OS/c1-2-8-23(9-3-1)26-16-19-31-34(22-26)42-37-35(27-15-14-24-10-4-5-11-25(24)20-27)39-38(40-36(31)37)28-17-18-30-29-12-6-7-13-32(29)41-33(30)21-28/h1-22H. The van der Waals surface area contributed by atoms with E-state index in [0.717, 1.165) is 54.4 Å². The zero-order valence-corrected chi connectivity index (χ0v) is 23.2. The van der Waals surface area contributed by atoms with Crippen LogP contribution >= 0.6 is 11.3 Å². The number of nitrogens with zero attached hydrogens (tertiary/aromatic N) is 2. The van der Waals surface area contributed by atoms with Gasteiger partial charge in [-0.1, -0.05) is 103 Å². The minimum atomic E-state index is 0.694. The minimum Gasteiger partial charge on any atom is -0.456 e. The van der Waals surface area contributed by atoms with E-state index in [2.05, 4.69) is 115 Å². The number of aromatic nitrogens is 2. The number of fused-ring (bicyclic) bond motifs is 7. The van der Waals surface area contributed by atoms with Crippen LogP contribution in [0.25, 0.3) is 86.8 Å². The molecule has 42 heavy (non-hydrogen) atoms. The highest BCUT2D eigenvalue weighted by molar-refractivity contribution is 7.26. The van der Waals surface area contributed by atoms with Crippen LogP contribution in [0, 0.1) is 0 Å². The van der Waals surface area contributed by atoms with Gasteiger partial charge in [-0.2, -0.15) is 0 Å². The maximum absolute atomic E-state index is 6.22. The van der Waals surface area contributed by atoms with Gasteiger partial charge in [0.15, 0.2) is 5.82 Å². The van der Waals surface area contributed by atoms with Gasteiger partial charge in [-0.15, -0.1) is 11.3 Å². The molecule has 0 atom stereocenters. The Kier molecular flexibility index (Phi) is 5.07. The van der Waals surface area contributed by atoms with Crippen molar-refractivity contribution in [1.82, 2.24) is 9.97 Å². The lowest BCUT2D eigenvalue weighted by Gasteiger charge is -2.08. The summed E-state index contributed by atoms with van der Waals surface area (Å²) in [5.41, 5.74) is 8.08. The summed E-state index contributed by atoms with van der Waals surface area (Å²) in [6, 6.07) is 46.7. The Balaban J connectivity index is 1.30. The normalized spacial score (nSPS) is 11.8. The van der Waals surface area contributed by atoms with E-state index in [9.17, 15) is 0 Å². The molecule has 0 bridgehead atoms. The molecule has 6 aromatic carbocycles. The number of hydrogen-bond donors (Lipinski definition) is 0. The molecule has 4 heteroatoms. The maximum Gasteiger partial charge on any atom is 0.160 e. The summed E-state index contributed by atoms with van der Waals surface area (Å²) in [4.78, 5) is 10.4. The average Bonchev–Trinajstić information content (AvgIpc) is 3.62. The first-order valence-electron chi connectivity index (χ1n) is 14.0. The Hall–Kier alpha value is -5.32. The summed E-state index contributed by atoms with van der Waals surface area (Å²) in [6.07, 6.45) is 0. The Morgan fingerprint density at radius 2 is 1.21 bits per heavy atom. The van der Waals surface area contributed by atoms with E-state index in [1.807, 2.05) is 18.2 Å². The van der Waals surface area contributed by atoms with Crippen molar-refractivity contribution in [2.45, 2.75) is 0 Å². The number of rotatable bonds is 3. The lowest BCUT2D eigenvalue weighted by Crippen LogP contribution is -1.93. The molecule has 0 saturated heterocycles. The SMILES string of the molecule is c1ccc(-c2ccc3c(c2)sc2c(-c4ccc5ccccc5c4)nc(-c4ccc5c(c4)oc4ccccc45)nc23)cc1. The molecule has 0 aliphatic heterocycles. The fourth-order valence-electron chi connectivity index (χ4n) is 5.98. The third-order valence-electron chi connectivity index (χ3n) is 8.08. The van der Waals surface area contributed by atoms with Crippen molar-refractivity contribution in [1.29, 1.82) is 0 Å². The topological polar surface area (TPSA) is 38.9 Å². The van der Waals surface area contributed by atoms with Gasteiger partial charge < -0.3 is 4.42 Å². The third-order valence-corrected chi connectivity index (χ3v) is 9.23. The molecule has 0 N–H and O–H groups in total. The molecule has 196 valence electrons. The summed E-state index contributed by atoms with van der Waals surface area (Å²) in [6.45, 7) is 0. The fraction of sp³-hybridized carbons (Fsp3) is 0. The highest BCUT2D eigenvalue weighted by Crippen LogP contribution is 2.42. The van der Waals surface area contributed by atoms with Crippen molar-refractivity contribution in [3.05, 3.63) is 133 Å². The van der Waals surface area contributed by atoms with Crippen molar-refractivity contribution in [3.63, 3.8) is 0 Å². The van der Waals surface area contributed by atoms with Crippen LogP contribution in [0.3, 0.4) is 0 Å². The second kappa shape index (κ2) is 9.10. The van der Waals surface area contributed by atoms with Crippen LogP contribution in [0.1, 0.15) is 0 Å². The van der Waals surface area contributed by atoms with E-state index in [1.54, 1.807) is 11.3 Å². The first kappa shape index (κ1) is 23.4. The molecule has 3 heterocycles. The monoisotopic (exact) mass is 554 g/mol. The molecular formula is C38H22N2OS. The maximum atomic E-state index is 6.22. The second-order valence-corrected chi connectivity index (χ2v) is 11.7. The molecule has 0 amide bonds. The molecule has 3 nitrogen and oxygen atoms in total. The molecule has 0 saturated carbocycles. The van der Waals surface area contributed by atoms with Gasteiger partial charge in [0.25, 0.3) is 0 Å². The lowest BCUT2D eigenvalue weighted by atomic mass is 10.0. The number of thiophene rings is 1. The predicted molar refractivity (Wildman–Crippen MR) is 176 cm³/mol. The van der Waals surface area contributed by atoms with Crippen molar-refractivity contribution in [2.24, 2.45) is 0 Å². The van der Waals surface area contributed by atoms with Crippen LogP contribution in [0.5, 0.6) is 0 Å². The summed E-state index contributed by atoms with van der Waals surface area (Å²) < 4.78 is 8.52. The van der Waals surface area contributed by atoms with Crippen LogP contribution in [0.15, 0.2) is 138 Å². The van der Waals surface area contributed by atoms with Crippen molar-refractivity contribution >= 4 is 64.4 Å². The van der Waals surface area contributed by atoms with Gasteiger partial charge in [0, 0.05) is 32.0 Å². The minimum absolute atomic E-state index is 0.694. The first-order valence-corrected chi connectivity index (χ1v) is 14.8. The van der Waals surface area contributed by atoms with Gasteiger partial charge in [-0.3, -0.25) is 0 Å². The molecule has 0 aliphatic carbocycles. The van der Waals surface area contributed by atoms with Gasteiger partial charge in [0.1, 0.15) is 11.2 Å². The van der Waals surface area contributed by atoms with Crippen LogP contribution in [0.2, 0.25) is 0 Å². The highest BCUT2D eigenvalue weighted by Gasteiger charge is 2.18. The van der Waals surface area contributed by atoms with E-state index in [-0.39, 0.29) is 0 Å². The Bertz CT molecular complexity index is 2470. The third kappa shape index (κ3) is 3.66. The molecule has 3 aromatic heterocycles. The first-order chi connectivity index (χ1) is 20.8. The largest absolute Gasteiger partial charge is 0.456 e. The van der Waals surface area contributed by atoms with E-state index < -0.39 is 0 Å². The summed E-state index contributed by atoms with van der Waals surface area (Å²) >= 11 is 1.76. The van der Waals surface area contributed by atoms with E-state index >= 15 is 0 Å². The van der Waals surface area contributed by atoms with E-state index in [1.165, 1.54) is 26.6 Å². The summed E-state index contributed by atoms with van der Waals surface area (Å²) in [5, 5.41) is 5.76. The Morgan fingerprint density at radius 3 is 2.14 bits per heavy atom. The van der Waals surface area contributed by atoms with Crippen LogP contribution in [-0.2, 0) is 0 Å². The van der Waals surface area contributed by atoms with Gasteiger partial charge >= 0.3 is 0 Å². The van der Waals surface area contributed by atoms with E-state index in [4.69, 9.17) is 14.4 Å². The number of para-hydroxylation sites is 1. The predicted octanol–water partition coefficient (Wildman–Crippen LogP) is 10.9. The summed E-state index contributed by atoms with van der Waals surface area (Å²) in [5.74, 6) is 0.694. The summed E-state index contributed by atoms with van der Waals surface area (Å²) in [7, 11) is 0. The molecule has 0 spiro atoms. The van der Waals surface area contributed by atoms with Gasteiger partial charge in [0.2, 0.25) is 0 Å². The zero-order chi connectivity index (χ0) is 27.6. The van der Waals surface area contributed by atoms with Crippen molar-refractivity contribution in [2.75, 3.05) is 0 Å². The molecular weight excluding hydrogens is 532 g/mol. The average molecular weight is 555 g/mol. The fourth-order valence-corrected chi connectivity index (χ4v) is 7.17. The molecule has 0 radical (unpaired) electrons. The molecule has 9 aromatic rings. The molecule has 0 unspecified atom stereocenters. The quantitative estimate of drug-likeness (QED) is 0.218. The Labute approximate surface area is 245 Å². The molecule has 0 fully saturated rings. The van der Waals surface area contributed by atoms with Gasteiger partial charge in [-0.25, -0.2) is 9.97 Å².